The third-order valence-corrected chi connectivity index (χ3v) is 9.85. The van der Waals surface area contributed by atoms with Crippen molar-refractivity contribution < 1.29 is 33.8 Å². The highest BCUT2D eigenvalue weighted by Gasteiger charge is 2.45. The lowest BCUT2D eigenvalue weighted by atomic mass is 9.80. The van der Waals surface area contributed by atoms with E-state index >= 15 is 0 Å². The van der Waals surface area contributed by atoms with Crippen molar-refractivity contribution >= 4 is 29.6 Å². The number of H-pyrrole nitrogens is 1. The summed E-state index contributed by atoms with van der Waals surface area (Å²) >= 11 is 0. The zero-order valence-corrected chi connectivity index (χ0v) is 35.4. The summed E-state index contributed by atoms with van der Waals surface area (Å²) in [5, 5.41) is 23.2. The van der Waals surface area contributed by atoms with Crippen molar-refractivity contribution in [3.8, 4) is 0 Å². The van der Waals surface area contributed by atoms with Gasteiger partial charge in [0.05, 0.1) is 24.9 Å². The molecule has 0 saturated carbocycles. The molecule has 58 heavy (non-hydrogen) atoms. The van der Waals surface area contributed by atoms with Crippen LogP contribution in [0.25, 0.3) is 0 Å². The molecule has 3 aromatic rings. The number of Topliss-reactive ketones (excluding diaryl/α,β-unsaturated/α-hetero) is 1. The van der Waals surface area contributed by atoms with Crippen molar-refractivity contribution in [1.82, 2.24) is 36.2 Å². The third kappa shape index (κ3) is 14.7. The number of nitrogens with one attached hydrogen (secondary N) is 5. The number of hydrogen-bond donors (Lipinski definition) is 7. The quantitative estimate of drug-likeness (QED) is 0.0775. The molecular weight excluding hydrogens is 741 g/mol. The number of aliphatic hydroxyl groups excluding tert-OH is 1. The second-order valence-electron chi connectivity index (χ2n) is 17.0. The van der Waals surface area contributed by atoms with Crippen LogP contribution < -0.4 is 27.0 Å². The van der Waals surface area contributed by atoms with Crippen LogP contribution in [0.2, 0.25) is 0 Å². The largest absolute Gasteiger partial charge is 0.444 e. The zero-order chi connectivity index (χ0) is 43.2. The summed E-state index contributed by atoms with van der Waals surface area (Å²) in [5.74, 6) is -3.05. The summed E-state index contributed by atoms with van der Waals surface area (Å²) in [5.41, 5.74) is 5.77. The van der Waals surface area contributed by atoms with Gasteiger partial charge < -0.3 is 41.8 Å². The molecule has 0 unspecified atom stereocenters. The number of carbonyl (C=O) groups is 5. The Kier molecular flexibility index (Phi) is 17.6. The number of benzene rings is 1. The van der Waals surface area contributed by atoms with Gasteiger partial charge in [0, 0.05) is 42.7 Å². The molecule has 0 fully saturated rings. The van der Waals surface area contributed by atoms with E-state index in [-0.39, 0.29) is 37.5 Å². The number of ketones is 1. The number of aromatic nitrogens is 3. The molecule has 15 heteroatoms. The second-order valence-corrected chi connectivity index (χ2v) is 17.0. The lowest BCUT2D eigenvalue weighted by molar-refractivity contribution is -0.138. The standard InChI is InChI=1S/C43H64N8O7/c1-26(2)19-33(36(52)23-32(27(3)4)50-40(56)43(44,28(5)6)37(53)22-30-17-13-14-18-46-30)48-39(55)35(21-31-24-45-25-47-31)49-38(54)34(20-29-15-11-10-12-16-29)51-41(57)58-42(7,8)9/h10-18,24-28,32-36,52H,19-23,44H2,1-9H3,(H,45,47)(H,48,55)(H,49,54)(H,50,56)(H,51,57)/t32-,33-,34-,35-,36-,43-/m0/s1. The highest BCUT2D eigenvalue weighted by molar-refractivity contribution is 6.11. The molecule has 0 bridgehead atoms. The van der Waals surface area contributed by atoms with E-state index < -0.39 is 76.9 Å². The van der Waals surface area contributed by atoms with Crippen LogP contribution in [0.5, 0.6) is 0 Å². The fourth-order valence-electron chi connectivity index (χ4n) is 6.44. The van der Waals surface area contributed by atoms with Gasteiger partial charge in [-0.25, -0.2) is 9.78 Å². The Morgan fingerprint density at radius 3 is 2.00 bits per heavy atom. The molecule has 6 atom stereocenters. The maximum absolute atomic E-state index is 14.2. The van der Waals surface area contributed by atoms with E-state index in [0.717, 1.165) is 5.56 Å². The van der Waals surface area contributed by atoms with Crippen molar-refractivity contribution in [2.75, 3.05) is 0 Å². The molecule has 0 aliphatic carbocycles. The van der Waals surface area contributed by atoms with E-state index in [1.54, 1.807) is 65.2 Å². The molecule has 15 nitrogen and oxygen atoms in total. The summed E-state index contributed by atoms with van der Waals surface area (Å²) < 4.78 is 5.45. The van der Waals surface area contributed by atoms with Crippen LogP contribution in [0.15, 0.2) is 67.3 Å². The molecule has 2 aromatic heterocycles. The van der Waals surface area contributed by atoms with E-state index in [4.69, 9.17) is 10.5 Å². The monoisotopic (exact) mass is 804 g/mol. The number of nitrogens with zero attached hydrogens (tertiary/aromatic N) is 2. The molecule has 0 saturated heterocycles. The number of nitrogens with two attached hydrogens (primary N) is 1. The first kappa shape index (κ1) is 47.2. The Bertz CT molecular complexity index is 1760. The fourth-order valence-corrected chi connectivity index (χ4v) is 6.44. The van der Waals surface area contributed by atoms with E-state index in [2.05, 4.69) is 36.2 Å². The number of alkyl carbamates (subject to hydrolysis) is 1. The van der Waals surface area contributed by atoms with Gasteiger partial charge in [0.15, 0.2) is 11.3 Å². The molecule has 1 aromatic carbocycles. The van der Waals surface area contributed by atoms with Gasteiger partial charge >= 0.3 is 6.09 Å². The van der Waals surface area contributed by atoms with E-state index in [1.165, 1.54) is 6.33 Å². The van der Waals surface area contributed by atoms with Crippen LogP contribution in [-0.4, -0.2) is 91.1 Å². The number of hydrogen-bond acceptors (Lipinski definition) is 10. The summed E-state index contributed by atoms with van der Waals surface area (Å²) in [6, 6.07) is 10.6. The number of rotatable bonds is 21. The van der Waals surface area contributed by atoms with Crippen LogP contribution in [0.3, 0.4) is 0 Å². The van der Waals surface area contributed by atoms with Crippen LogP contribution in [0, 0.1) is 17.8 Å². The predicted molar refractivity (Wildman–Crippen MR) is 221 cm³/mol. The summed E-state index contributed by atoms with van der Waals surface area (Å²) in [7, 11) is 0. The Morgan fingerprint density at radius 1 is 0.810 bits per heavy atom. The number of imidazole rings is 1. The lowest BCUT2D eigenvalue weighted by Gasteiger charge is -2.35. The highest BCUT2D eigenvalue weighted by atomic mass is 16.6. The number of ether oxygens (including phenoxy) is 1. The summed E-state index contributed by atoms with van der Waals surface area (Å²) in [6.45, 7) is 16.2. The van der Waals surface area contributed by atoms with E-state index in [9.17, 15) is 29.1 Å². The molecule has 3 rings (SSSR count). The second kappa shape index (κ2) is 21.6. The molecule has 4 amide bonds. The average Bonchev–Trinajstić information content (AvgIpc) is 3.66. The molecule has 0 aliphatic rings. The first-order valence-corrected chi connectivity index (χ1v) is 20.0. The minimum absolute atomic E-state index is 0.0254. The van der Waals surface area contributed by atoms with Gasteiger partial charge in [-0.15, -0.1) is 0 Å². The van der Waals surface area contributed by atoms with Crippen LogP contribution in [0.1, 0.15) is 92.1 Å². The number of amides is 4. The SMILES string of the molecule is CC(C)C[C@H](NC(=O)[C@H](Cc1cnc[nH]1)NC(=O)[C@H](Cc1ccccc1)NC(=O)OC(C)(C)C)[C@@H](O)C[C@H](NC(=O)[C@@](N)(C(=O)Cc1ccccn1)C(C)C)C(C)C. The van der Waals surface area contributed by atoms with Crippen molar-refractivity contribution in [2.45, 2.75) is 136 Å². The van der Waals surface area contributed by atoms with E-state index in [0.29, 0.717) is 17.8 Å². The smallest absolute Gasteiger partial charge is 0.408 e. The maximum Gasteiger partial charge on any atom is 0.408 e. The minimum Gasteiger partial charge on any atom is -0.444 e. The molecule has 318 valence electrons. The first-order chi connectivity index (χ1) is 27.2. The highest BCUT2D eigenvalue weighted by Crippen LogP contribution is 2.22. The Balaban J connectivity index is 1.84. The van der Waals surface area contributed by atoms with Crippen LogP contribution >= 0.6 is 0 Å². The van der Waals surface area contributed by atoms with Gasteiger partial charge in [0.2, 0.25) is 17.7 Å². The molecule has 0 radical (unpaired) electrons. The first-order valence-electron chi connectivity index (χ1n) is 20.0. The zero-order valence-electron chi connectivity index (χ0n) is 35.4. The maximum atomic E-state index is 14.2. The van der Waals surface area contributed by atoms with Crippen molar-refractivity contribution in [1.29, 1.82) is 0 Å². The van der Waals surface area contributed by atoms with Gasteiger partial charge in [-0.2, -0.15) is 0 Å². The van der Waals surface area contributed by atoms with Crippen molar-refractivity contribution in [2.24, 2.45) is 23.5 Å². The van der Waals surface area contributed by atoms with Crippen molar-refractivity contribution in [3.63, 3.8) is 0 Å². The molecular formula is C43H64N8O7. The third-order valence-electron chi connectivity index (χ3n) is 9.85. The summed E-state index contributed by atoms with van der Waals surface area (Å²) in [6.07, 6.45) is 3.04. The number of aliphatic hydroxyl groups is 1. The lowest BCUT2D eigenvalue weighted by Crippen LogP contribution is -2.65. The van der Waals surface area contributed by atoms with Gasteiger partial charge in [-0.1, -0.05) is 77.9 Å². The normalized spacial score (nSPS) is 15.4. The molecule has 0 spiro atoms. The fraction of sp³-hybridized carbons (Fsp3) is 0.558. The predicted octanol–water partition coefficient (Wildman–Crippen LogP) is 3.56. The van der Waals surface area contributed by atoms with Crippen molar-refractivity contribution in [3.05, 3.63) is 84.2 Å². The topological polar surface area (TPSA) is 231 Å². The number of aromatic amines is 1. The van der Waals surface area contributed by atoms with Crippen LogP contribution in [0.4, 0.5) is 4.79 Å². The number of carbonyl (C=O) groups excluding carboxylic acids is 5. The number of pyridine rings is 1. The van der Waals surface area contributed by atoms with Gasteiger partial charge in [0.25, 0.3) is 0 Å². The minimum atomic E-state index is -1.87. The van der Waals surface area contributed by atoms with Gasteiger partial charge in [0.1, 0.15) is 17.7 Å². The average molecular weight is 805 g/mol. The Labute approximate surface area is 342 Å². The van der Waals surface area contributed by atoms with Gasteiger partial charge in [-0.3, -0.25) is 24.2 Å². The Morgan fingerprint density at radius 2 is 1.45 bits per heavy atom. The summed E-state index contributed by atoms with van der Waals surface area (Å²) in [4.78, 5) is 79.8. The molecule has 2 heterocycles. The van der Waals surface area contributed by atoms with Crippen LogP contribution in [-0.2, 0) is 43.2 Å². The molecule has 8 N–H and O–H groups in total. The Hall–Kier alpha value is -5.15. The molecule has 0 aliphatic heterocycles. The van der Waals surface area contributed by atoms with E-state index in [1.807, 2.05) is 58.0 Å². The van der Waals surface area contributed by atoms with Gasteiger partial charge in [-0.05, 0) is 69.1 Å².